The molecule has 15 heavy (non-hydrogen) atoms. The van der Waals surface area contributed by atoms with Crippen LogP contribution in [0, 0.1) is 5.92 Å². The first-order chi connectivity index (χ1) is 6.70. The van der Waals surface area contributed by atoms with E-state index in [4.69, 9.17) is 28.9 Å². The van der Waals surface area contributed by atoms with E-state index in [1.807, 2.05) is 18.2 Å². The molecule has 0 aliphatic heterocycles. The average molecular weight is 267 g/mol. The van der Waals surface area contributed by atoms with E-state index in [1.54, 1.807) is 0 Å². The van der Waals surface area contributed by atoms with Crippen LogP contribution in [0.3, 0.4) is 0 Å². The highest BCUT2D eigenvalue weighted by atomic mass is 35.5. The van der Waals surface area contributed by atoms with Gasteiger partial charge in [-0.2, -0.15) is 0 Å². The first-order valence-electron chi connectivity index (χ1n) is 4.89. The molecule has 0 radical (unpaired) electrons. The minimum atomic E-state index is 0. The molecule has 2 N–H and O–H groups in total. The van der Waals surface area contributed by atoms with Gasteiger partial charge in [-0.3, -0.25) is 0 Å². The lowest BCUT2D eigenvalue weighted by Crippen LogP contribution is -2.27. The van der Waals surface area contributed by atoms with E-state index >= 15 is 0 Å². The lowest BCUT2D eigenvalue weighted by molar-refractivity contribution is 0.264. The van der Waals surface area contributed by atoms with Crippen LogP contribution in [0.2, 0.25) is 10.0 Å². The Morgan fingerprint density at radius 2 is 1.73 bits per heavy atom. The van der Waals surface area contributed by atoms with E-state index in [0.29, 0.717) is 16.0 Å². The van der Waals surface area contributed by atoms with Gasteiger partial charge >= 0.3 is 0 Å². The molecule has 1 aliphatic rings. The maximum Gasteiger partial charge on any atom is 0.0468 e. The minimum absolute atomic E-state index is 0. The predicted molar refractivity (Wildman–Crippen MR) is 68.0 cm³/mol. The highest BCUT2D eigenvalue weighted by Crippen LogP contribution is 2.40. The summed E-state index contributed by atoms with van der Waals surface area (Å²) in [6.07, 6.45) is 3.67. The van der Waals surface area contributed by atoms with E-state index in [1.165, 1.54) is 19.3 Å². The number of hydrogen-bond donors (Lipinski definition) is 1. The van der Waals surface area contributed by atoms with Gasteiger partial charge in [0.1, 0.15) is 0 Å². The molecule has 0 amide bonds. The highest BCUT2D eigenvalue weighted by Gasteiger charge is 2.28. The lowest BCUT2D eigenvalue weighted by atomic mass is 9.77. The van der Waals surface area contributed by atoms with Crippen LogP contribution in [-0.4, -0.2) is 0 Å². The normalized spacial score (nSPS) is 17.8. The van der Waals surface area contributed by atoms with Gasteiger partial charge in [-0.15, -0.1) is 12.4 Å². The Morgan fingerprint density at radius 1 is 1.20 bits per heavy atom. The fourth-order valence-electron chi connectivity index (χ4n) is 1.86. The second-order valence-electron chi connectivity index (χ2n) is 3.85. The summed E-state index contributed by atoms with van der Waals surface area (Å²) in [5, 5.41) is 1.38. The molecule has 0 unspecified atom stereocenters. The van der Waals surface area contributed by atoms with Crippen LogP contribution in [0.4, 0.5) is 0 Å². The molecule has 1 aromatic carbocycles. The van der Waals surface area contributed by atoms with E-state index in [0.717, 1.165) is 5.56 Å². The molecular weight excluding hydrogens is 252 g/mol. The monoisotopic (exact) mass is 265 g/mol. The van der Waals surface area contributed by atoms with Crippen LogP contribution >= 0.6 is 35.6 Å². The molecular formula is C11H14Cl3N. The van der Waals surface area contributed by atoms with Crippen molar-refractivity contribution < 1.29 is 0 Å². The van der Waals surface area contributed by atoms with Crippen LogP contribution in [-0.2, 0) is 0 Å². The van der Waals surface area contributed by atoms with Crippen LogP contribution in [0.1, 0.15) is 30.9 Å². The summed E-state index contributed by atoms with van der Waals surface area (Å²) in [6.45, 7) is 0. The molecule has 1 aromatic rings. The Bertz CT molecular complexity index is 316. The molecule has 4 heteroatoms. The van der Waals surface area contributed by atoms with Crippen molar-refractivity contribution in [1.82, 2.24) is 0 Å². The summed E-state index contributed by atoms with van der Waals surface area (Å²) >= 11 is 12.2. The molecule has 1 nitrogen and oxygen atoms in total. The Balaban J connectivity index is 0.00000112. The van der Waals surface area contributed by atoms with Gasteiger partial charge < -0.3 is 5.73 Å². The predicted octanol–water partition coefficient (Wildman–Crippen LogP) is 4.22. The largest absolute Gasteiger partial charge is 0.324 e. The van der Waals surface area contributed by atoms with Crippen molar-refractivity contribution in [2.75, 3.05) is 0 Å². The Hall–Kier alpha value is 0.0500. The van der Waals surface area contributed by atoms with Gasteiger partial charge in [-0.05, 0) is 30.9 Å². The summed E-state index contributed by atoms with van der Waals surface area (Å²) in [4.78, 5) is 0. The van der Waals surface area contributed by atoms with Gasteiger partial charge in [0, 0.05) is 21.7 Å². The number of halogens is 3. The van der Waals surface area contributed by atoms with E-state index in [2.05, 4.69) is 0 Å². The first kappa shape index (κ1) is 13.1. The molecule has 0 saturated heterocycles. The molecule has 0 spiro atoms. The summed E-state index contributed by atoms with van der Waals surface area (Å²) in [5.74, 6) is 0.562. The fourth-order valence-corrected chi connectivity index (χ4v) is 2.51. The van der Waals surface area contributed by atoms with Crippen molar-refractivity contribution in [3.63, 3.8) is 0 Å². The van der Waals surface area contributed by atoms with Gasteiger partial charge in [0.15, 0.2) is 0 Å². The zero-order valence-corrected chi connectivity index (χ0v) is 10.6. The van der Waals surface area contributed by atoms with Crippen molar-refractivity contribution in [1.29, 1.82) is 0 Å². The number of hydrogen-bond acceptors (Lipinski definition) is 1. The van der Waals surface area contributed by atoms with Gasteiger partial charge in [-0.1, -0.05) is 35.7 Å². The first-order valence-corrected chi connectivity index (χ1v) is 5.65. The lowest BCUT2D eigenvalue weighted by Gasteiger charge is -2.32. The SMILES string of the molecule is Cl.N[C@@H](c1c(Cl)cccc1Cl)C1CCC1. The third kappa shape index (κ3) is 2.59. The maximum absolute atomic E-state index is 6.13. The second-order valence-corrected chi connectivity index (χ2v) is 4.67. The number of nitrogens with two attached hydrogens (primary N) is 1. The van der Waals surface area contributed by atoms with E-state index in [9.17, 15) is 0 Å². The van der Waals surface area contributed by atoms with Crippen LogP contribution in [0.25, 0.3) is 0 Å². The van der Waals surface area contributed by atoms with Gasteiger partial charge in [0.05, 0.1) is 0 Å². The van der Waals surface area contributed by atoms with Crippen LogP contribution < -0.4 is 5.73 Å². The summed E-state index contributed by atoms with van der Waals surface area (Å²) in [5.41, 5.74) is 7.05. The van der Waals surface area contributed by atoms with E-state index in [-0.39, 0.29) is 18.4 Å². The number of rotatable bonds is 2. The molecule has 1 saturated carbocycles. The zero-order chi connectivity index (χ0) is 10.1. The van der Waals surface area contributed by atoms with Crippen molar-refractivity contribution >= 4 is 35.6 Å². The Labute approximate surface area is 106 Å². The van der Waals surface area contributed by atoms with Crippen molar-refractivity contribution in [3.8, 4) is 0 Å². The Morgan fingerprint density at radius 3 is 2.13 bits per heavy atom. The van der Waals surface area contributed by atoms with Gasteiger partial charge in [-0.25, -0.2) is 0 Å². The quantitative estimate of drug-likeness (QED) is 0.852. The van der Waals surface area contributed by atoms with Gasteiger partial charge in [0.2, 0.25) is 0 Å². The minimum Gasteiger partial charge on any atom is -0.324 e. The molecule has 0 aromatic heterocycles. The molecule has 1 atom stereocenters. The summed E-state index contributed by atoms with van der Waals surface area (Å²) in [7, 11) is 0. The van der Waals surface area contributed by atoms with Crippen molar-refractivity contribution in [2.24, 2.45) is 11.7 Å². The third-order valence-corrected chi connectivity index (χ3v) is 3.65. The van der Waals surface area contributed by atoms with Crippen LogP contribution in [0.5, 0.6) is 0 Å². The fraction of sp³-hybridized carbons (Fsp3) is 0.455. The maximum atomic E-state index is 6.13. The van der Waals surface area contributed by atoms with E-state index < -0.39 is 0 Å². The van der Waals surface area contributed by atoms with Crippen molar-refractivity contribution in [2.45, 2.75) is 25.3 Å². The standard InChI is InChI=1S/C11H13Cl2N.ClH/c12-8-5-2-6-9(13)10(8)11(14)7-3-1-4-7;/h2,5-7,11H,1,3-4,14H2;1H/t11-;/m1./s1. The summed E-state index contributed by atoms with van der Waals surface area (Å²) < 4.78 is 0. The molecule has 0 bridgehead atoms. The van der Waals surface area contributed by atoms with Gasteiger partial charge in [0.25, 0.3) is 0 Å². The molecule has 1 aliphatic carbocycles. The smallest absolute Gasteiger partial charge is 0.0468 e. The Kier molecular flexibility index (Phi) is 4.72. The topological polar surface area (TPSA) is 26.0 Å². The van der Waals surface area contributed by atoms with Crippen LogP contribution in [0.15, 0.2) is 18.2 Å². The molecule has 84 valence electrons. The summed E-state index contributed by atoms with van der Waals surface area (Å²) in [6, 6.07) is 5.55. The highest BCUT2D eigenvalue weighted by molar-refractivity contribution is 6.36. The van der Waals surface area contributed by atoms with Crippen molar-refractivity contribution in [3.05, 3.63) is 33.8 Å². The zero-order valence-electron chi connectivity index (χ0n) is 8.25. The molecule has 1 fully saturated rings. The second kappa shape index (κ2) is 5.40. The average Bonchev–Trinajstić information content (AvgIpc) is 2.00. The third-order valence-electron chi connectivity index (χ3n) is 2.99. The number of benzene rings is 1. The molecule has 2 rings (SSSR count). The molecule has 0 heterocycles.